The highest BCUT2D eigenvalue weighted by molar-refractivity contribution is 5.96. The van der Waals surface area contributed by atoms with Gasteiger partial charge in [-0.2, -0.15) is 4.98 Å². The fourth-order valence-corrected chi connectivity index (χ4v) is 4.14. The number of alkyl halides is 2. The fourth-order valence-electron chi connectivity index (χ4n) is 4.14. The van der Waals surface area contributed by atoms with Gasteiger partial charge in [0.2, 0.25) is 11.7 Å². The molecular formula is C18H18F2N4O. The van der Waals surface area contributed by atoms with Crippen molar-refractivity contribution in [3.8, 4) is 11.4 Å². The Bertz CT molecular complexity index is 946. The molecule has 3 aromatic rings. The molecule has 0 amide bonds. The number of hydrogen-bond donors (Lipinski definition) is 1. The minimum Gasteiger partial charge on any atom is -0.344 e. The summed E-state index contributed by atoms with van der Waals surface area (Å²) in [6.07, 6.45) is 1.81. The maximum absolute atomic E-state index is 13.7. The van der Waals surface area contributed by atoms with Gasteiger partial charge in [0.05, 0.1) is 18.0 Å². The van der Waals surface area contributed by atoms with E-state index in [1.165, 1.54) is 11.2 Å². The Hall–Kier alpha value is -2.28. The Labute approximate surface area is 143 Å². The molecule has 130 valence electrons. The molecule has 0 unspecified atom stereocenters. The predicted molar refractivity (Wildman–Crippen MR) is 88.7 cm³/mol. The monoisotopic (exact) mass is 344 g/mol. The van der Waals surface area contributed by atoms with Crippen LogP contribution in [0.5, 0.6) is 0 Å². The van der Waals surface area contributed by atoms with Crippen molar-refractivity contribution in [1.82, 2.24) is 20.0 Å². The lowest BCUT2D eigenvalue weighted by molar-refractivity contribution is -0.0310. The van der Waals surface area contributed by atoms with Gasteiger partial charge in [-0.05, 0) is 18.9 Å². The average Bonchev–Trinajstić information content (AvgIpc) is 3.29. The molecule has 1 fully saturated rings. The summed E-state index contributed by atoms with van der Waals surface area (Å²) in [7, 11) is 0. The van der Waals surface area contributed by atoms with Crippen molar-refractivity contribution in [3.63, 3.8) is 0 Å². The molecular weight excluding hydrogens is 326 g/mol. The molecule has 0 radical (unpaired) electrons. The van der Waals surface area contributed by atoms with Crippen molar-refractivity contribution in [2.75, 3.05) is 13.1 Å². The Morgan fingerprint density at radius 3 is 3.04 bits per heavy atom. The van der Waals surface area contributed by atoms with Gasteiger partial charge in [0.1, 0.15) is 0 Å². The van der Waals surface area contributed by atoms with E-state index >= 15 is 0 Å². The van der Waals surface area contributed by atoms with Crippen molar-refractivity contribution >= 4 is 10.9 Å². The first kappa shape index (κ1) is 15.0. The molecule has 2 aliphatic heterocycles. The van der Waals surface area contributed by atoms with Gasteiger partial charge < -0.3 is 14.4 Å². The van der Waals surface area contributed by atoms with Crippen molar-refractivity contribution in [3.05, 3.63) is 35.9 Å². The molecule has 25 heavy (non-hydrogen) atoms. The molecule has 1 saturated heterocycles. The number of aromatic nitrogens is 3. The van der Waals surface area contributed by atoms with E-state index in [0.717, 1.165) is 30.3 Å². The zero-order chi connectivity index (χ0) is 17.0. The molecule has 2 aromatic heterocycles. The first-order chi connectivity index (χ1) is 12.1. The van der Waals surface area contributed by atoms with E-state index in [9.17, 15) is 8.78 Å². The van der Waals surface area contributed by atoms with E-state index in [0.29, 0.717) is 18.3 Å². The molecule has 0 saturated carbocycles. The predicted octanol–water partition coefficient (Wildman–Crippen LogP) is 3.35. The first-order valence-electron chi connectivity index (χ1n) is 8.65. The molecule has 1 N–H and O–H groups in total. The van der Waals surface area contributed by atoms with Gasteiger partial charge in [-0.3, -0.25) is 0 Å². The van der Waals surface area contributed by atoms with Crippen molar-refractivity contribution in [2.45, 2.75) is 37.6 Å². The van der Waals surface area contributed by atoms with Gasteiger partial charge in [0.25, 0.3) is 5.92 Å². The lowest BCUT2D eigenvalue weighted by Crippen LogP contribution is -2.42. The number of nitrogens with one attached hydrogen (secondary N) is 1. The molecule has 5 rings (SSSR count). The SMILES string of the molecule is FC1(F)CNC[C@@H](c2nc(-c3c4n(c5ccccc35)CCC4)no2)C1. The highest BCUT2D eigenvalue weighted by Gasteiger charge is 2.39. The summed E-state index contributed by atoms with van der Waals surface area (Å²) in [6, 6.07) is 8.17. The van der Waals surface area contributed by atoms with Crippen LogP contribution in [0, 0.1) is 0 Å². The fraction of sp³-hybridized carbons (Fsp3) is 0.444. The third-order valence-electron chi connectivity index (χ3n) is 5.21. The minimum absolute atomic E-state index is 0.254. The number of aryl methyl sites for hydroxylation is 1. The van der Waals surface area contributed by atoms with E-state index < -0.39 is 11.8 Å². The van der Waals surface area contributed by atoms with Crippen LogP contribution in [0.25, 0.3) is 22.3 Å². The number of fused-ring (bicyclic) bond motifs is 3. The molecule has 7 heteroatoms. The van der Waals surface area contributed by atoms with E-state index in [1.807, 2.05) is 12.1 Å². The average molecular weight is 344 g/mol. The summed E-state index contributed by atoms with van der Waals surface area (Å²) in [4.78, 5) is 4.51. The summed E-state index contributed by atoms with van der Waals surface area (Å²) >= 11 is 0. The van der Waals surface area contributed by atoms with E-state index in [-0.39, 0.29) is 13.0 Å². The summed E-state index contributed by atoms with van der Waals surface area (Å²) in [6.45, 7) is 1.13. The lowest BCUT2D eigenvalue weighted by atomic mass is 9.97. The topological polar surface area (TPSA) is 55.9 Å². The van der Waals surface area contributed by atoms with Crippen LogP contribution in [0.4, 0.5) is 8.78 Å². The number of nitrogens with zero attached hydrogens (tertiary/aromatic N) is 3. The van der Waals surface area contributed by atoms with E-state index in [1.54, 1.807) is 0 Å². The Kier molecular flexibility index (Phi) is 3.22. The van der Waals surface area contributed by atoms with Gasteiger partial charge >= 0.3 is 0 Å². The second-order valence-corrected chi connectivity index (χ2v) is 6.94. The van der Waals surface area contributed by atoms with Crippen LogP contribution in [0.1, 0.15) is 30.3 Å². The quantitative estimate of drug-likeness (QED) is 0.775. The molecule has 0 aliphatic carbocycles. The highest BCUT2D eigenvalue weighted by atomic mass is 19.3. The standard InChI is InChI=1S/C18H18F2N4O/c19-18(20)8-11(9-21-10-18)17-22-16(23-25-17)15-12-4-1-2-5-13(12)24-7-3-6-14(15)24/h1-2,4-5,11,21H,3,6-10H2/t11-/m0/s1. The molecule has 2 aliphatic rings. The zero-order valence-electron chi connectivity index (χ0n) is 13.6. The highest BCUT2D eigenvalue weighted by Crippen LogP contribution is 2.38. The summed E-state index contributed by atoms with van der Waals surface area (Å²) in [5.74, 6) is -2.38. The maximum atomic E-state index is 13.7. The third kappa shape index (κ3) is 2.37. The molecule has 4 heterocycles. The van der Waals surface area contributed by atoms with E-state index in [2.05, 4.69) is 32.2 Å². The second kappa shape index (κ2) is 5.36. The largest absolute Gasteiger partial charge is 0.344 e. The molecule has 0 bridgehead atoms. The molecule has 0 spiro atoms. The van der Waals surface area contributed by atoms with Crippen LogP contribution in [0.3, 0.4) is 0 Å². The first-order valence-corrected chi connectivity index (χ1v) is 8.65. The van der Waals surface area contributed by atoms with Crippen LogP contribution in [-0.2, 0) is 13.0 Å². The number of hydrogen-bond acceptors (Lipinski definition) is 4. The normalized spacial score (nSPS) is 22.4. The van der Waals surface area contributed by atoms with Gasteiger partial charge in [0, 0.05) is 36.1 Å². The Balaban J connectivity index is 1.58. The van der Waals surface area contributed by atoms with Gasteiger partial charge in [-0.25, -0.2) is 8.78 Å². The summed E-state index contributed by atoms with van der Waals surface area (Å²) < 4.78 is 35.0. The summed E-state index contributed by atoms with van der Waals surface area (Å²) in [5, 5.41) is 7.99. The Morgan fingerprint density at radius 1 is 1.28 bits per heavy atom. The number of piperidine rings is 1. The maximum Gasteiger partial charge on any atom is 0.261 e. The summed E-state index contributed by atoms with van der Waals surface area (Å²) in [5.41, 5.74) is 3.36. The van der Waals surface area contributed by atoms with E-state index in [4.69, 9.17) is 4.52 Å². The van der Waals surface area contributed by atoms with Crippen molar-refractivity contribution in [1.29, 1.82) is 0 Å². The van der Waals surface area contributed by atoms with Crippen LogP contribution in [0.15, 0.2) is 28.8 Å². The smallest absolute Gasteiger partial charge is 0.261 e. The minimum atomic E-state index is -2.73. The number of halogens is 2. The van der Waals surface area contributed by atoms with Gasteiger partial charge in [-0.1, -0.05) is 23.4 Å². The van der Waals surface area contributed by atoms with Gasteiger partial charge in [0.15, 0.2) is 0 Å². The zero-order valence-corrected chi connectivity index (χ0v) is 13.6. The lowest BCUT2D eigenvalue weighted by Gasteiger charge is -2.27. The third-order valence-corrected chi connectivity index (χ3v) is 5.21. The number of para-hydroxylation sites is 1. The van der Waals surface area contributed by atoms with Crippen LogP contribution in [0.2, 0.25) is 0 Å². The molecule has 5 nitrogen and oxygen atoms in total. The number of benzene rings is 1. The van der Waals surface area contributed by atoms with Crippen molar-refractivity contribution in [2.24, 2.45) is 0 Å². The molecule has 1 atom stereocenters. The van der Waals surface area contributed by atoms with Crippen molar-refractivity contribution < 1.29 is 13.3 Å². The van der Waals surface area contributed by atoms with Gasteiger partial charge in [-0.15, -0.1) is 0 Å². The Morgan fingerprint density at radius 2 is 2.16 bits per heavy atom. The van der Waals surface area contributed by atoms with Crippen LogP contribution < -0.4 is 5.32 Å². The molecule has 1 aromatic carbocycles. The van der Waals surface area contributed by atoms with Crippen LogP contribution in [-0.4, -0.2) is 33.7 Å². The second-order valence-electron chi connectivity index (χ2n) is 6.94. The van der Waals surface area contributed by atoms with Crippen LogP contribution >= 0.6 is 0 Å². The number of rotatable bonds is 2.